The van der Waals surface area contributed by atoms with E-state index in [9.17, 15) is 0 Å². The van der Waals surface area contributed by atoms with Gasteiger partial charge in [-0.15, -0.1) is 11.5 Å². The van der Waals surface area contributed by atoms with Crippen LogP contribution in [-0.4, -0.2) is 25.0 Å². The van der Waals surface area contributed by atoms with Crippen LogP contribution in [-0.2, 0) is 19.4 Å². The summed E-state index contributed by atoms with van der Waals surface area (Å²) in [7, 11) is 0. The third-order valence-corrected chi connectivity index (χ3v) is 5.18. The normalized spacial score (nSPS) is 10.7. The van der Waals surface area contributed by atoms with Gasteiger partial charge in [-0.3, -0.25) is 0 Å². The Morgan fingerprint density at radius 3 is 2.37 bits per heavy atom. The minimum absolute atomic E-state index is 0.688. The summed E-state index contributed by atoms with van der Waals surface area (Å²) in [5.74, 6) is 3.46. The lowest BCUT2D eigenvalue weighted by molar-refractivity contribution is 0.649. The molecule has 0 aliphatic heterocycles. The van der Waals surface area contributed by atoms with Crippen LogP contribution in [0.5, 0.6) is 0 Å². The fourth-order valence-corrected chi connectivity index (χ4v) is 3.66. The minimum atomic E-state index is 0.688. The molecule has 0 spiro atoms. The zero-order chi connectivity index (χ0) is 20.9. The summed E-state index contributed by atoms with van der Waals surface area (Å²) in [5.41, 5.74) is 8.10. The zero-order valence-electron chi connectivity index (χ0n) is 17.2. The molecule has 0 aliphatic carbocycles. The Morgan fingerprint density at radius 1 is 0.933 bits per heavy atom. The SMILES string of the molecule is C#Cc1ccc(Cc2nccc(Cc3c(C)cc(Cn4ccnn4)cc3C)n2)cc1. The van der Waals surface area contributed by atoms with Crippen LogP contribution in [0.1, 0.15) is 44.9 Å². The van der Waals surface area contributed by atoms with Crippen molar-refractivity contribution in [3.05, 3.63) is 106 Å². The van der Waals surface area contributed by atoms with Crippen LogP contribution in [0.3, 0.4) is 0 Å². The highest BCUT2D eigenvalue weighted by Crippen LogP contribution is 2.20. The molecule has 5 nitrogen and oxygen atoms in total. The Kier molecular flexibility index (Phi) is 5.67. The van der Waals surface area contributed by atoms with Crippen molar-refractivity contribution < 1.29 is 0 Å². The van der Waals surface area contributed by atoms with E-state index in [0.29, 0.717) is 6.42 Å². The molecular formula is C25H23N5. The quantitative estimate of drug-likeness (QED) is 0.466. The molecule has 0 aliphatic rings. The number of rotatable bonds is 6. The number of hydrogen-bond donors (Lipinski definition) is 0. The average molecular weight is 393 g/mol. The topological polar surface area (TPSA) is 56.5 Å². The molecule has 2 heterocycles. The standard InChI is InChI=1S/C25H23N5/c1-4-20-5-7-21(8-6-20)15-25-26-10-9-23(28-25)16-24-18(2)13-22(14-19(24)3)17-30-12-11-27-29-30/h1,5-14H,15-17H2,2-3H3. The van der Waals surface area contributed by atoms with Crippen molar-refractivity contribution in [1.82, 2.24) is 25.0 Å². The van der Waals surface area contributed by atoms with Crippen molar-refractivity contribution in [3.63, 3.8) is 0 Å². The Morgan fingerprint density at radius 2 is 1.70 bits per heavy atom. The molecule has 0 saturated heterocycles. The molecule has 0 unspecified atom stereocenters. The van der Waals surface area contributed by atoms with Gasteiger partial charge in [0.2, 0.25) is 0 Å². The van der Waals surface area contributed by atoms with E-state index >= 15 is 0 Å². The van der Waals surface area contributed by atoms with Gasteiger partial charge in [0, 0.05) is 36.5 Å². The van der Waals surface area contributed by atoms with Crippen molar-refractivity contribution in [1.29, 1.82) is 0 Å². The van der Waals surface area contributed by atoms with Gasteiger partial charge in [-0.1, -0.05) is 35.4 Å². The van der Waals surface area contributed by atoms with Crippen molar-refractivity contribution >= 4 is 0 Å². The van der Waals surface area contributed by atoms with Gasteiger partial charge in [0.1, 0.15) is 5.82 Å². The van der Waals surface area contributed by atoms with Gasteiger partial charge in [0.15, 0.2) is 0 Å². The third kappa shape index (κ3) is 4.61. The molecule has 0 N–H and O–H groups in total. The number of aryl methyl sites for hydroxylation is 2. The maximum absolute atomic E-state index is 5.43. The Labute approximate surface area is 176 Å². The lowest BCUT2D eigenvalue weighted by Gasteiger charge is -2.13. The summed E-state index contributed by atoms with van der Waals surface area (Å²) in [6, 6.07) is 14.4. The lowest BCUT2D eigenvalue weighted by atomic mass is 9.95. The second kappa shape index (κ2) is 8.71. The van der Waals surface area contributed by atoms with Crippen molar-refractivity contribution in [3.8, 4) is 12.3 Å². The molecular weight excluding hydrogens is 370 g/mol. The van der Waals surface area contributed by atoms with E-state index in [1.54, 1.807) is 6.20 Å². The van der Waals surface area contributed by atoms with Crippen LogP contribution >= 0.6 is 0 Å². The molecule has 2 aromatic heterocycles. The first-order chi connectivity index (χ1) is 14.6. The molecule has 30 heavy (non-hydrogen) atoms. The number of hydrogen-bond acceptors (Lipinski definition) is 4. The summed E-state index contributed by atoms with van der Waals surface area (Å²) >= 11 is 0. The fraction of sp³-hybridized carbons (Fsp3) is 0.200. The highest BCUT2D eigenvalue weighted by molar-refractivity contribution is 5.40. The average Bonchev–Trinajstić information content (AvgIpc) is 3.25. The smallest absolute Gasteiger partial charge is 0.132 e. The summed E-state index contributed by atoms with van der Waals surface area (Å²) in [6.07, 6.45) is 12.3. The van der Waals surface area contributed by atoms with Gasteiger partial charge in [-0.2, -0.15) is 0 Å². The van der Waals surface area contributed by atoms with Crippen molar-refractivity contribution in [2.45, 2.75) is 33.2 Å². The second-order valence-electron chi connectivity index (χ2n) is 7.47. The van der Waals surface area contributed by atoms with E-state index in [-0.39, 0.29) is 0 Å². The van der Waals surface area contributed by atoms with E-state index < -0.39 is 0 Å². The van der Waals surface area contributed by atoms with Crippen molar-refractivity contribution in [2.75, 3.05) is 0 Å². The Balaban J connectivity index is 1.51. The minimum Gasteiger partial charge on any atom is -0.248 e. The number of aromatic nitrogens is 5. The van der Waals surface area contributed by atoms with Crippen LogP contribution in [0.2, 0.25) is 0 Å². The second-order valence-corrected chi connectivity index (χ2v) is 7.47. The van der Waals surface area contributed by atoms with Gasteiger partial charge in [0.05, 0.1) is 12.7 Å². The van der Waals surface area contributed by atoms with E-state index in [0.717, 1.165) is 35.6 Å². The predicted molar refractivity (Wildman–Crippen MR) is 117 cm³/mol. The predicted octanol–water partition coefficient (Wildman–Crippen LogP) is 3.90. The van der Waals surface area contributed by atoms with Crippen LogP contribution in [0, 0.1) is 26.2 Å². The van der Waals surface area contributed by atoms with Crippen LogP contribution in [0.4, 0.5) is 0 Å². The molecule has 0 amide bonds. The summed E-state index contributed by atoms with van der Waals surface area (Å²) in [6.45, 7) is 5.03. The first-order valence-electron chi connectivity index (χ1n) is 9.90. The van der Waals surface area contributed by atoms with E-state index in [1.807, 2.05) is 47.4 Å². The molecule has 5 heteroatoms. The number of terminal acetylenes is 1. The first kappa shape index (κ1) is 19.5. The molecule has 0 atom stereocenters. The molecule has 0 fully saturated rings. The first-order valence-corrected chi connectivity index (χ1v) is 9.90. The number of benzene rings is 2. The molecule has 148 valence electrons. The van der Waals surface area contributed by atoms with E-state index in [4.69, 9.17) is 11.4 Å². The summed E-state index contributed by atoms with van der Waals surface area (Å²) in [5, 5.41) is 7.93. The van der Waals surface area contributed by atoms with Crippen molar-refractivity contribution in [2.24, 2.45) is 0 Å². The molecule has 0 saturated carbocycles. The van der Waals surface area contributed by atoms with Gasteiger partial charge < -0.3 is 0 Å². The lowest BCUT2D eigenvalue weighted by Crippen LogP contribution is -2.05. The van der Waals surface area contributed by atoms with Crippen LogP contribution in [0.25, 0.3) is 0 Å². The zero-order valence-corrected chi connectivity index (χ0v) is 17.2. The maximum atomic E-state index is 5.43. The maximum Gasteiger partial charge on any atom is 0.132 e. The number of nitrogens with zero attached hydrogens (tertiary/aromatic N) is 5. The Hall–Kier alpha value is -3.78. The van der Waals surface area contributed by atoms with Gasteiger partial charge in [-0.05, 0) is 59.9 Å². The Bertz CT molecular complexity index is 1160. The summed E-state index contributed by atoms with van der Waals surface area (Å²) < 4.78 is 1.83. The highest BCUT2D eigenvalue weighted by Gasteiger charge is 2.09. The third-order valence-electron chi connectivity index (χ3n) is 5.18. The molecule has 4 aromatic rings. The molecule has 2 aromatic carbocycles. The summed E-state index contributed by atoms with van der Waals surface area (Å²) in [4.78, 5) is 9.25. The fourth-order valence-electron chi connectivity index (χ4n) is 3.66. The molecule has 0 bridgehead atoms. The van der Waals surface area contributed by atoms with E-state index in [2.05, 4.69) is 47.2 Å². The van der Waals surface area contributed by atoms with Gasteiger partial charge in [-0.25, -0.2) is 14.6 Å². The van der Waals surface area contributed by atoms with Crippen LogP contribution in [0.15, 0.2) is 61.1 Å². The highest BCUT2D eigenvalue weighted by atomic mass is 15.4. The molecule has 4 rings (SSSR count). The monoisotopic (exact) mass is 393 g/mol. The van der Waals surface area contributed by atoms with Gasteiger partial charge in [0.25, 0.3) is 0 Å². The van der Waals surface area contributed by atoms with Gasteiger partial charge >= 0.3 is 0 Å². The van der Waals surface area contributed by atoms with Crippen LogP contribution < -0.4 is 0 Å². The largest absolute Gasteiger partial charge is 0.248 e. The van der Waals surface area contributed by atoms with E-state index in [1.165, 1.54) is 22.3 Å². The molecule has 0 radical (unpaired) electrons.